The van der Waals surface area contributed by atoms with E-state index in [2.05, 4.69) is 103 Å². The molecule has 2 rings (SSSR count). The van der Waals surface area contributed by atoms with E-state index in [0.29, 0.717) is 51.6 Å². The zero-order chi connectivity index (χ0) is 33.3. The Labute approximate surface area is 272 Å². The molecular weight excluding hydrogens is 552 g/mol. The second-order valence-electron chi connectivity index (χ2n) is 16.6. The van der Waals surface area contributed by atoms with E-state index in [-0.39, 0.29) is 22.2 Å². The third-order valence-corrected chi connectivity index (χ3v) is 11.1. The summed E-state index contributed by atoms with van der Waals surface area (Å²) in [6.45, 7) is 27.9. The average molecular weight is 627 g/mol. The van der Waals surface area contributed by atoms with Gasteiger partial charge in [-0.15, -0.1) is 0 Å². The number of hydrogen-bond donors (Lipinski definition) is 2. The first-order chi connectivity index (χ1) is 20.4. The molecule has 0 aliphatic carbocycles. The predicted molar refractivity (Wildman–Crippen MR) is 184 cm³/mol. The molecule has 0 aromatic carbocycles. The molecule has 0 amide bonds. The minimum Gasteiger partial charge on any atom is -0.389 e. The summed E-state index contributed by atoms with van der Waals surface area (Å²) < 4.78 is 11.7. The van der Waals surface area contributed by atoms with Gasteiger partial charge in [-0.25, -0.2) is 0 Å². The minimum absolute atomic E-state index is 0.119. The van der Waals surface area contributed by atoms with Crippen LogP contribution in [0.25, 0.3) is 0 Å². The maximum absolute atomic E-state index is 10.9. The topological polar surface area (TPSA) is 71.9 Å². The van der Waals surface area contributed by atoms with Crippen molar-refractivity contribution < 1.29 is 19.7 Å². The van der Waals surface area contributed by atoms with E-state index in [1.807, 2.05) is 0 Å². The lowest BCUT2D eigenvalue weighted by molar-refractivity contribution is -0.0686. The van der Waals surface area contributed by atoms with E-state index in [0.717, 1.165) is 64.5 Å². The van der Waals surface area contributed by atoms with Crippen LogP contribution in [-0.2, 0) is 9.47 Å². The second-order valence-corrected chi connectivity index (χ2v) is 16.6. The predicted octanol–water partition coefficient (Wildman–Crippen LogP) is 5.25. The van der Waals surface area contributed by atoms with Gasteiger partial charge in [0.15, 0.2) is 0 Å². The zero-order valence-corrected chi connectivity index (χ0v) is 31.1. The quantitative estimate of drug-likeness (QED) is 0.189. The molecule has 2 N–H and O–H groups in total. The van der Waals surface area contributed by atoms with Crippen molar-refractivity contribution in [2.75, 3.05) is 66.7 Å². The van der Waals surface area contributed by atoms with Crippen LogP contribution in [0.1, 0.15) is 121 Å². The Morgan fingerprint density at radius 2 is 0.909 bits per heavy atom. The Balaban J connectivity index is 1.78. The van der Waals surface area contributed by atoms with Crippen LogP contribution in [0.2, 0.25) is 0 Å². The zero-order valence-electron chi connectivity index (χ0n) is 31.1. The molecule has 2 aliphatic rings. The van der Waals surface area contributed by atoms with Crippen LogP contribution in [0.5, 0.6) is 0 Å². The highest BCUT2D eigenvalue weighted by Gasteiger charge is 2.46. The normalized spacial score (nSPS) is 24.3. The van der Waals surface area contributed by atoms with E-state index in [9.17, 15) is 10.2 Å². The summed E-state index contributed by atoms with van der Waals surface area (Å²) in [6.07, 6.45) is 7.92. The molecule has 2 atom stereocenters. The number of rotatable bonds is 19. The van der Waals surface area contributed by atoms with Crippen molar-refractivity contribution in [3.63, 3.8) is 0 Å². The molecular formula is C36H74N4O4. The first-order valence-electron chi connectivity index (χ1n) is 17.8. The van der Waals surface area contributed by atoms with Gasteiger partial charge in [-0.2, -0.15) is 0 Å². The molecule has 2 heterocycles. The fourth-order valence-electron chi connectivity index (χ4n) is 7.93. The van der Waals surface area contributed by atoms with Crippen LogP contribution in [0.4, 0.5) is 0 Å². The number of unbranched alkanes of at least 4 members (excludes halogenated alkanes) is 2. The smallest absolute Gasteiger partial charge is 0.0900 e. The number of hydrogen-bond acceptors (Lipinski definition) is 8. The summed E-state index contributed by atoms with van der Waals surface area (Å²) in [5.41, 5.74) is 0.474. The Morgan fingerprint density at radius 1 is 0.614 bits per heavy atom. The highest BCUT2D eigenvalue weighted by molar-refractivity contribution is 5.02. The molecule has 8 heteroatoms. The molecule has 0 bridgehead atoms. The van der Waals surface area contributed by atoms with E-state index < -0.39 is 12.2 Å². The molecule has 2 aliphatic heterocycles. The number of aliphatic hydroxyl groups is 2. The van der Waals surface area contributed by atoms with Gasteiger partial charge in [0, 0.05) is 47.3 Å². The Hall–Kier alpha value is -0.320. The Kier molecular flexibility index (Phi) is 15.6. The lowest BCUT2D eigenvalue weighted by Crippen LogP contribution is -2.63. The summed E-state index contributed by atoms with van der Waals surface area (Å²) in [4.78, 5) is 10.1. The third-order valence-electron chi connectivity index (χ3n) is 11.1. The van der Waals surface area contributed by atoms with Crippen LogP contribution in [0.3, 0.4) is 0 Å². The van der Waals surface area contributed by atoms with Crippen molar-refractivity contribution >= 4 is 0 Å². The lowest BCUT2D eigenvalue weighted by atomic mass is 9.77. The fraction of sp³-hybridized carbons (Fsp3) is 1.00. The molecule has 0 aromatic heterocycles. The van der Waals surface area contributed by atoms with Crippen LogP contribution in [0, 0.1) is 0 Å². The number of nitrogens with zero attached hydrogens (tertiary/aromatic N) is 4. The highest BCUT2D eigenvalue weighted by Crippen LogP contribution is 2.40. The molecule has 2 unspecified atom stereocenters. The largest absolute Gasteiger partial charge is 0.389 e. The number of piperidine rings is 2. The maximum Gasteiger partial charge on any atom is 0.0900 e. The average Bonchev–Trinajstić information content (AvgIpc) is 2.91. The van der Waals surface area contributed by atoms with Crippen LogP contribution in [-0.4, -0.2) is 143 Å². The standard InChI is InChI=1S/C36H74N4O4/c1-13-15-17-39(29-21-33(3,4)37(11)34(5,6)22-29)25-31(41)27-43-19-20-44-28-32(42)26-40(18-16-14-2)30-23-35(7,8)38(12)36(9,10)24-30/h29-32,41-42H,13-28H2,1-12H3. The van der Waals surface area contributed by atoms with E-state index >= 15 is 0 Å². The van der Waals surface area contributed by atoms with Crippen molar-refractivity contribution in [1.82, 2.24) is 19.6 Å². The van der Waals surface area contributed by atoms with Crippen molar-refractivity contribution in [2.45, 2.75) is 167 Å². The van der Waals surface area contributed by atoms with Gasteiger partial charge < -0.3 is 19.7 Å². The van der Waals surface area contributed by atoms with Gasteiger partial charge in [-0.3, -0.25) is 19.6 Å². The molecule has 0 aromatic rings. The van der Waals surface area contributed by atoms with Gasteiger partial charge >= 0.3 is 0 Å². The molecule has 262 valence electrons. The van der Waals surface area contributed by atoms with Crippen molar-refractivity contribution in [2.24, 2.45) is 0 Å². The SMILES string of the molecule is CCCCN(CC(O)COCCOCC(O)CN(CCCC)C1CC(C)(C)N(C)C(C)(C)C1)C1CC(C)(C)N(C)C(C)(C)C1. The summed E-state index contributed by atoms with van der Waals surface area (Å²) in [5, 5.41) is 21.8. The minimum atomic E-state index is -0.529. The summed E-state index contributed by atoms with van der Waals surface area (Å²) in [6, 6.07) is 0.900. The molecule has 44 heavy (non-hydrogen) atoms. The molecule has 8 nitrogen and oxygen atoms in total. The highest BCUT2D eigenvalue weighted by atomic mass is 16.5. The van der Waals surface area contributed by atoms with Gasteiger partial charge in [0.05, 0.1) is 38.6 Å². The first-order valence-corrected chi connectivity index (χ1v) is 17.8. The summed E-state index contributed by atoms with van der Waals surface area (Å²) in [5.74, 6) is 0. The van der Waals surface area contributed by atoms with Crippen molar-refractivity contribution in [3.05, 3.63) is 0 Å². The van der Waals surface area contributed by atoms with Gasteiger partial charge in [0.1, 0.15) is 0 Å². The monoisotopic (exact) mass is 627 g/mol. The van der Waals surface area contributed by atoms with Gasteiger partial charge in [-0.05, 0) is 121 Å². The van der Waals surface area contributed by atoms with E-state index in [1.165, 1.54) is 0 Å². The van der Waals surface area contributed by atoms with Crippen molar-refractivity contribution in [1.29, 1.82) is 0 Å². The second kappa shape index (κ2) is 17.2. The van der Waals surface area contributed by atoms with E-state index in [1.54, 1.807) is 0 Å². The maximum atomic E-state index is 10.9. The first kappa shape index (κ1) is 39.9. The van der Waals surface area contributed by atoms with Gasteiger partial charge in [-0.1, -0.05) is 26.7 Å². The lowest BCUT2D eigenvalue weighted by Gasteiger charge is -2.56. The molecule has 0 saturated carbocycles. The number of ether oxygens (including phenoxy) is 2. The Bertz CT molecular complexity index is 718. The van der Waals surface area contributed by atoms with Crippen LogP contribution >= 0.6 is 0 Å². The molecule has 2 fully saturated rings. The molecule has 2 saturated heterocycles. The summed E-state index contributed by atoms with van der Waals surface area (Å²) >= 11 is 0. The van der Waals surface area contributed by atoms with Crippen LogP contribution < -0.4 is 0 Å². The molecule has 0 spiro atoms. The van der Waals surface area contributed by atoms with E-state index in [4.69, 9.17) is 9.47 Å². The van der Waals surface area contributed by atoms with Gasteiger partial charge in [0.2, 0.25) is 0 Å². The summed E-state index contributed by atoms with van der Waals surface area (Å²) in [7, 11) is 4.49. The number of likely N-dealkylation sites (tertiary alicyclic amines) is 2. The number of aliphatic hydroxyl groups excluding tert-OH is 2. The molecule has 0 radical (unpaired) electrons. The fourth-order valence-corrected chi connectivity index (χ4v) is 7.93. The Morgan fingerprint density at radius 3 is 1.18 bits per heavy atom. The van der Waals surface area contributed by atoms with Crippen molar-refractivity contribution in [3.8, 4) is 0 Å². The third kappa shape index (κ3) is 11.7. The van der Waals surface area contributed by atoms with Crippen LogP contribution in [0.15, 0.2) is 0 Å². The van der Waals surface area contributed by atoms with Gasteiger partial charge in [0.25, 0.3) is 0 Å².